The molecule has 5 heteroatoms. The molecule has 4 N–H and O–H groups in total. The molecule has 1 aromatic carbocycles. The fourth-order valence-corrected chi connectivity index (χ4v) is 2.73. The van der Waals surface area contributed by atoms with Crippen LogP contribution in [0.3, 0.4) is 0 Å². The highest BCUT2D eigenvalue weighted by Crippen LogP contribution is 2.52. The fraction of sp³-hybridized carbons (Fsp3) is 0.333. The van der Waals surface area contributed by atoms with Crippen LogP contribution in [0.1, 0.15) is 35.2 Å². The van der Waals surface area contributed by atoms with Crippen molar-refractivity contribution < 1.29 is 14.7 Å². The number of carbonyl (C=O) groups is 2. The van der Waals surface area contributed by atoms with E-state index >= 15 is 0 Å². The third-order valence-electron chi connectivity index (χ3n) is 3.79. The van der Waals surface area contributed by atoms with Crippen LogP contribution in [-0.2, 0) is 10.2 Å². The number of benzene rings is 1. The molecule has 1 heterocycles. The predicted molar refractivity (Wildman–Crippen MR) is 62.0 cm³/mol. The van der Waals surface area contributed by atoms with Crippen LogP contribution in [-0.4, -0.2) is 17.0 Å². The summed E-state index contributed by atoms with van der Waals surface area (Å²) < 4.78 is 0. The van der Waals surface area contributed by atoms with E-state index in [1.165, 1.54) is 6.07 Å². The molecule has 0 unspecified atom stereocenters. The molecule has 1 aliphatic carbocycles. The summed E-state index contributed by atoms with van der Waals surface area (Å²) in [6.07, 6.45) is 2.53. The molecular formula is C12H12N2O3. The maximum absolute atomic E-state index is 12.0. The topological polar surface area (TPSA) is 92.4 Å². The molecule has 0 aromatic heterocycles. The Kier molecular flexibility index (Phi) is 1.79. The van der Waals surface area contributed by atoms with E-state index in [1.807, 2.05) is 0 Å². The molecule has 2 aliphatic rings. The summed E-state index contributed by atoms with van der Waals surface area (Å²) in [4.78, 5) is 23.1. The minimum absolute atomic E-state index is 0.0807. The van der Waals surface area contributed by atoms with Crippen molar-refractivity contribution in [1.82, 2.24) is 0 Å². The Balaban J connectivity index is 2.25. The van der Waals surface area contributed by atoms with E-state index < -0.39 is 11.4 Å². The molecule has 0 radical (unpaired) electrons. The Morgan fingerprint density at radius 2 is 2.12 bits per heavy atom. The number of aromatic carboxylic acids is 1. The lowest BCUT2D eigenvalue weighted by Crippen LogP contribution is -2.40. The Morgan fingerprint density at radius 3 is 2.65 bits per heavy atom. The summed E-state index contributed by atoms with van der Waals surface area (Å²) in [5.74, 6) is -1.16. The molecule has 88 valence electrons. The van der Waals surface area contributed by atoms with Crippen molar-refractivity contribution in [2.24, 2.45) is 0 Å². The SMILES string of the molecule is Nc1cc(C(=O)O)c2c(c1)C1(CCC1)C(=O)N2. The summed E-state index contributed by atoms with van der Waals surface area (Å²) in [5, 5.41) is 11.8. The van der Waals surface area contributed by atoms with Crippen molar-refractivity contribution in [2.75, 3.05) is 11.1 Å². The minimum atomic E-state index is -1.06. The third-order valence-corrected chi connectivity index (χ3v) is 3.79. The lowest BCUT2D eigenvalue weighted by molar-refractivity contribution is -0.123. The van der Waals surface area contributed by atoms with Gasteiger partial charge in [0.1, 0.15) is 0 Å². The smallest absolute Gasteiger partial charge is 0.337 e. The van der Waals surface area contributed by atoms with Crippen LogP contribution in [0.5, 0.6) is 0 Å². The lowest BCUT2D eigenvalue weighted by atomic mass is 9.65. The summed E-state index contributed by atoms with van der Waals surface area (Å²) in [5.41, 5.74) is 6.85. The van der Waals surface area contributed by atoms with Gasteiger partial charge in [0.2, 0.25) is 5.91 Å². The Bertz CT molecular complexity index is 547. The van der Waals surface area contributed by atoms with Crippen molar-refractivity contribution in [1.29, 1.82) is 0 Å². The lowest BCUT2D eigenvalue weighted by Gasteiger charge is -2.36. The number of fused-ring (bicyclic) bond motifs is 2. The van der Waals surface area contributed by atoms with Gasteiger partial charge in [0.05, 0.1) is 16.7 Å². The number of carboxylic acid groups (broad SMARTS) is 1. The van der Waals surface area contributed by atoms with Crippen LogP contribution >= 0.6 is 0 Å². The first-order chi connectivity index (χ1) is 8.04. The van der Waals surface area contributed by atoms with E-state index in [-0.39, 0.29) is 11.5 Å². The number of carboxylic acids is 1. The van der Waals surface area contributed by atoms with E-state index in [1.54, 1.807) is 6.07 Å². The standard InChI is InChI=1S/C12H12N2O3/c13-6-4-7(10(15)16)9-8(5-6)12(2-1-3-12)11(17)14-9/h4-5H,1-3,13H2,(H,14,17)(H,15,16). The van der Waals surface area contributed by atoms with Gasteiger partial charge >= 0.3 is 5.97 Å². The van der Waals surface area contributed by atoms with Gasteiger partial charge in [-0.1, -0.05) is 6.42 Å². The molecule has 1 fully saturated rings. The molecule has 0 saturated heterocycles. The highest BCUT2D eigenvalue weighted by Gasteiger charge is 2.52. The summed E-state index contributed by atoms with van der Waals surface area (Å²) >= 11 is 0. The van der Waals surface area contributed by atoms with Gasteiger partial charge in [-0.3, -0.25) is 4.79 Å². The summed E-state index contributed by atoms with van der Waals surface area (Å²) in [7, 11) is 0. The van der Waals surface area contributed by atoms with Crippen LogP contribution in [0.25, 0.3) is 0 Å². The molecule has 0 bridgehead atoms. The maximum atomic E-state index is 12.0. The number of hydrogen-bond acceptors (Lipinski definition) is 3. The molecule has 0 atom stereocenters. The van der Waals surface area contributed by atoms with Crippen molar-refractivity contribution in [3.05, 3.63) is 23.3 Å². The Labute approximate surface area is 97.6 Å². The van der Waals surface area contributed by atoms with Crippen molar-refractivity contribution in [2.45, 2.75) is 24.7 Å². The first-order valence-corrected chi connectivity index (χ1v) is 5.53. The second kappa shape index (κ2) is 3.00. The fourth-order valence-electron chi connectivity index (χ4n) is 2.73. The van der Waals surface area contributed by atoms with Crippen LogP contribution < -0.4 is 11.1 Å². The number of nitrogen functional groups attached to an aromatic ring is 1. The second-order valence-electron chi connectivity index (χ2n) is 4.69. The van der Waals surface area contributed by atoms with Gasteiger partial charge < -0.3 is 16.2 Å². The third kappa shape index (κ3) is 1.13. The van der Waals surface area contributed by atoms with Crippen LogP contribution in [0.4, 0.5) is 11.4 Å². The molecule has 1 saturated carbocycles. The van der Waals surface area contributed by atoms with E-state index in [4.69, 9.17) is 10.8 Å². The summed E-state index contributed by atoms with van der Waals surface area (Å²) in [6.45, 7) is 0. The van der Waals surface area contributed by atoms with Crippen LogP contribution in [0, 0.1) is 0 Å². The maximum Gasteiger partial charge on any atom is 0.337 e. The molecule has 1 spiro atoms. The molecule has 3 rings (SSSR count). The molecular weight excluding hydrogens is 220 g/mol. The number of hydrogen-bond donors (Lipinski definition) is 3. The van der Waals surface area contributed by atoms with Gasteiger partial charge in [-0.2, -0.15) is 0 Å². The monoisotopic (exact) mass is 232 g/mol. The van der Waals surface area contributed by atoms with Gasteiger partial charge in [-0.25, -0.2) is 4.79 Å². The first kappa shape index (κ1) is 10.1. The largest absolute Gasteiger partial charge is 0.478 e. The number of rotatable bonds is 1. The van der Waals surface area contributed by atoms with E-state index in [9.17, 15) is 9.59 Å². The normalized spacial score (nSPS) is 19.6. The average Bonchev–Trinajstić information content (AvgIpc) is 2.48. The van der Waals surface area contributed by atoms with E-state index in [0.29, 0.717) is 11.4 Å². The van der Waals surface area contributed by atoms with Gasteiger partial charge in [-0.05, 0) is 30.5 Å². The van der Waals surface area contributed by atoms with Crippen molar-refractivity contribution >= 4 is 23.3 Å². The minimum Gasteiger partial charge on any atom is -0.478 e. The highest BCUT2D eigenvalue weighted by molar-refractivity contribution is 6.12. The van der Waals surface area contributed by atoms with Gasteiger partial charge in [-0.15, -0.1) is 0 Å². The Morgan fingerprint density at radius 1 is 1.41 bits per heavy atom. The zero-order valence-electron chi connectivity index (χ0n) is 9.12. The zero-order valence-corrected chi connectivity index (χ0v) is 9.12. The van der Waals surface area contributed by atoms with E-state index in [2.05, 4.69) is 5.32 Å². The molecule has 5 nitrogen and oxygen atoms in total. The number of amides is 1. The quantitative estimate of drug-likeness (QED) is 0.637. The number of nitrogens with two attached hydrogens (primary N) is 1. The van der Waals surface area contributed by atoms with Gasteiger partial charge in [0.15, 0.2) is 0 Å². The zero-order chi connectivity index (χ0) is 12.2. The van der Waals surface area contributed by atoms with Gasteiger partial charge in [0.25, 0.3) is 0 Å². The Hall–Kier alpha value is -2.04. The first-order valence-electron chi connectivity index (χ1n) is 5.53. The van der Waals surface area contributed by atoms with Gasteiger partial charge in [0, 0.05) is 5.69 Å². The molecule has 1 aliphatic heterocycles. The van der Waals surface area contributed by atoms with Crippen LogP contribution in [0.15, 0.2) is 12.1 Å². The number of anilines is 2. The van der Waals surface area contributed by atoms with Crippen molar-refractivity contribution in [3.63, 3.8) is 0 Å². The average molecular weight is 232 g/mol. The molecule has 1 aromatic rings. The highest BCUT2D eigenvalue weighted by atomic mass is 16.4. The molecule has 17 heavy (non-hydrogen) atoms. The number of carbonyl (C=O) groups excluding carboxylic acids is 1. The summed E-state index contributed by atoms with van der Waals surface area (Å²) in [6, 6.07) is 3.11. The van der Waals surface area contributed by atoms with E-state index in [0.717, 1.165) is 24.8 Å². The van der Waals surface area contributed by atoms with Crippen LogP contribution in [0.2, 0.25) is 0 Å². The van der Waals surface area contributed by atoms with Crippen molar-refractivity contribution in [3.8, 4) is 0 Å². The second-order valence-corrected chi connectivity index (χ2v) is 4.69. The number of nitrogens with one attached hydrogen (secondary N) is 1. The predicted octanol–water partition coefficient (Wildman–Crippen LogP) is 1.34. The molecule has 1 amide bonds.